The zero-order valence-electron chi connectivity index (χ0n) is 14.2. The van der Waals surface area contributed by atoms with Crippen molar-refractivity contribution >= 4 is 38.9 Å². The number of anilines is 2. The summed E-state index contributed by atoms with van der Waals surface area (Å²) >= 11 is 6.05. The van der Waals surface area contributed by atoms with Crippen LogP contribution in [0.2, 0.25) is 5.02 Å². The first kappa shape index (κ1) is 18.5. The van der Waals surface area contributed by atoms with E-state index in [1.165, 1.54) is 11.4 Å². The lowest BCUT2D eigenvalue weighted by atomic mass is 10.2. The topological polar surface area (TPSA) is 75.7 Å². The normalized spacial score (nSPS) is 16.2. The molecule has 1 aliphatic rings. The van der Waals surface area contributed by atoms with Crippen LogP contribution in [-0.2, 0) is 10.0 Å². The Morgan fingerprint density at radius 3 is 2.50 bits per heavy atom. The van der Waals surface area contributed by atoms with Gasteiger partial charge in [-0.2, -0.15) is 0 Å². The Hall–Kier alpha value is -2.25. The van der Waals surface area contributed by atoms with E-state index in [1.807, 2.05) is 0 Å². The van der Waals surface area contributed by atoms with Crippen LogP contribution in [0.4, 0.5) is 11.4 Å². The lowest BCUT2D eigenvalue weighted by molar-refractivity contribution is 0.102. The fourth-order valence-corrected chi connectivity index (χ4v) is 4.70. The van der Waals surface area contributed by atoms with Gasteiger partial charge < -0.3 is 10.1 Å². The summed E-state index contributed by atoms with van der Waals surface area (Å²) in [6.45, 7) is 0.470. The lowest BCUT2D eigenvalue weighted by Gasteiger charge is -2.28. The van der Waals surface area contributed by atoms with Gasteiger partial charge in [0, 0.05) is 17.8 Å². The summed E-state index contributed by atoms with van der Waals surface area (Å²) in [7, 11) is -1.75. The molecule has 0 unspecified atom stereocenters. The highest BCUT2D eigenvalue weighted by Crippen LogP contribution is 2.28. The minimum Gasteiger partial charge on any atom is -0.495 e. The highest BCUT2D eigenvalue weighted by Gasteiger charge is 2.26. The molecule has 0 aliphatic carbocycles. The van der Waals surface area contributed by atoms with E-state index in [2.05, 4.69) is 5.32 Å². The van der Waals surface area contributed by atoms with E-state index in [4.69, 9.17) is 16.3 Å². The van der Waals surface area contributed by atoms with Gasteiger partial charge in [0.25, 0.3) is 5.91 Å². The van der Waals surface area contributed by atoms with Crippen LogP contribution in [-0.4, -0.2) is 33.7 Å². The van der Waals surface area contributed by atoms with Gasteiger partial charge in [0.2, 0.25) is 10.0 Å². The standard InChI is InChI=1S/C18H19ClN2O4S/c1-25-17-9-6-14(12-16(17)19)20-18(22)13-4-7-15(8-5-13)21-10-2-3-11-26(21,23)24/h4-9,12H,2-3,10-11H2,1H3,(H,20,22). The van der Waals surface area contributed by atoms with Crippen molar-refractivity contribution in [3.05, 3.63) is 53.1 Å². The van der Waals surface area contributed by atoms with Crippen LogP contribution in [0.25, 0.3) is 0 Å². The minimum absolute atomic E-state index is 0.160. The summed E-state index contributed by atoms with van der Waals surface area (Å²) in [5, 5.41) is 3.15. The number of carbonyl (C=O) groups excluding carboxylic acids is 1. The van der Waals surface area contributed by atoms with Gasteiger partial charge in [0.1, 0.15) is 5.75 Å². The number of ether oxygens (including phenoxy) is 1. The summed E-state index contributed by atoms with van der Waals surface area (Å²) in [5.74, 6) is 0.379. The first-order valence-electron chi connectivity index (χ1n) is 8.16. The van der Waals surface area contributed by atoms with Crippen LogP contribution < -0.4 is 14.4 Å². The Labute approximate surface area is 157 Å². The molecule has 1 aliphatic heterocycles. The summed E-state index contributed by atoms with van der Waals surface area (Å²) in [5.41, 5.74) is 1.55. The molecule has 1 saturated heterocycles. The van der Waals surface area contributed by atoms with Crippen LogP contribution in [0.1, 0.15) is 23.2 Å². The molecule has 0 saturated carbocycles. The monoisotopic (exact) mass is 394 g/mol. The van der Waals surface area contributed by atoms with Crippen molar-refractivity contribution < 1.29 is 17.9 Å². The second-order valence-electron chi connectivity index (χ2n) is 5.95. The van der Waals surface area contributed by atoms with Crippen molar-refractivity contribution in [1.82, 2.24) is 0 Å². The number of nitrogens with one attached hydrogen (secondary N) is 1. The van der Waals surface area contributed by atoms with Crippen molar-refractivity contribution in [2.24, 2.45) is 0 Å². The van der Waals surface area contributed by atoms with Crippen LogP contribution >= 0.6 is 11.6 Å². The Bertz CT molecular complexity index is 913. The highest BCUT2D eigenvalue weighted by atomic mass is 35.5. The van der Waals surface area contributed by atoms with Gasteiger partial charge in [0.05, 0.1) is 23.6 Å². The van der Waals surface area contributed by atoms with Crippen LogP contribution in [0.15, 0.2) is 42.5 Å². The number of carbonyl (C=O) groups is 1. The van der Waals surface area contributed by atoms with Crippen LogP contribution in [0, 0.1) is 0 Å². The molecule has 0 bridgehead atoms. The van der Waals surface area contributed by atoms with E-state index in [1.54, 1.807) is 42.5 Å². The first-order valence-corrected chi connectivity index (χ1v) is 10.1. The number of benzene rings is 2. The predicted octanol–water partition coefficient (Wildman–Crippen LogP) is 3.53. The third-order valence-corrected chi connectivity index (χ3v) is 6.34. The van der Waals surface area contributed by atoms with Gasteiger partial charge in [-0.25, -0.2) is 8.42 Å². The summed E-state index contributed by atoms with van der Waals surface area (Å²) in [4.78, 5) is 12.4. The average molecular weight is 395 g/mol. The number of amides is 1. The third kappa shape index (κ3) is 3.94. The zero-order chi connectivity index (χ0) is 18.7. The van der Waals surface area contributed by atoms with Gasteiger partial charge in [0.15, 0.2) is 0 Å². The molecule has 138 valence electrons. The molecule has 0 spiro atoms. The van der Waals surface area contributed by atoms with Gasteiger partial charge in [-0.05, 0) is 55.3 Å². The molecule has 1 N–H and O–H groups in total. The van der Waals surface area contributed by atoms with Crippen LogP contribution in [0.3, 0.4) is 0 Å². The van der Waals surface area contributed by atoms with Gasteiger partial charge in [-0.15, -0.1) is 0 Å². The minimum atomic E-state index is -3.26. The van der Waals surface area contributed by atoms with Gasteiger partial charge in [-0.3, -0.25) is 9.10 Å². The Balaban J connectivity index is 1.74. The number of hydrogen-bond donors (Lipinski definition) is 1. The Morgan fingerprint density at radius 1 is 1.15 bits per heavy atom. The molecule has 26 heavy (non-hydrogen) atoms. The number of hydrogen-bond acceptors (Lipinski definition) is 4. The van der Waals surface area contributed by atoms with Gasteiger partial charge >= 0.3 is 0 Å². The molecular formula is C18H19ClN2O4S. The molecular weight excluding hydrogens is 376 g/mol. The fourth-order valence-electron chi connectivity index (χ4n) is 2.81. The number of halogens is 1. The van der Waals surface area contributed by atoms with Gasteiger partial charge in [-0.1, -0.05) is 11.6 Å². The van der Waals surface area contributed by atoms with Crippen molar-refractivity contribution in [3.8, 4) is 5.75 Å². The molecule has 0 aromatic heterocycles. The summed E-state index contributed by atoms with van der Waals surface area (Å²) in [6.07, 6.45) is 1.52. The molecule has 8 heteroatoms. The van der Waals surface area contributed by atoms with E-state index >= 15 is 0 Å². The fraction of sp³-hybridized carbons (Fsp3) is 0.278. The molecule has 2 aromatic rings. The summed E-state index contributed by atoms with van der Waals surface area (Å²) < 4.78 is 30.8. The molecule has 0 atom stereocenters. The maximum atomic E-state index is 12.4. The molecule has 6 nitrogen and oxygen atoms in total. The third-order valence-electron chi connectivity index (χ3n) is 4.18. The molecule has 1 heterocycles. The Morgan fingerprint density at radius 2 is 1.88 bits per heavy atom. The second kappa shape index (κ2) is 7.55. The first-order chi connectivity index (χ1) is 12.4. The predicted molar refractivity (Wildman–Crippen MR) is 103 cm³/mol. The van der Waals surface area contributed by atoms with Crippen molar-refractivity contribution in [1.29, 1.82) is 0 Å². The molecule has 1 amide bonds. The quantitative estimate of drug-likeness (QED) is 0.860. The maximum Gasteiger partial charge on any atom is 0.255 e. The average Bonchev–Trinajstić information content (AvgIpc) is 2.62. The molecule has 2 aromatic carbocycles. The SMILES string of the molecule is COc1ccc(NC(=O)c2ccc(N3CCCCS3(=O)=O)cc2)cc1Cl. The maximum absolute atomic E-state index is 12.4. The van der Waals surface area contributed by atoms with Crippen LogP contribution in [0.5, 0.6) is 5.75 Å². The Kier molecular flexibility index (Phi) is 5.38. The highest BCUT2D eigenvalue weighted by molar-refractivity contribution is 7.92. The van der Waals surface area contributed by atoms with E-state index in [0.717, 1.165) is 6.42 Å². The summed E-state index contributed by atoms with van der Waals surface area (Å²) in [6, 6.07) is 11.5. The molecule has 1 fully saturated rings. The van der Waals surface area contributed by atoms with Crippen molar-refractivity contribution in [2.45, 2.75) is 12.8 Å². The number of nitrogens with zero attached hydrogens (tertiary/aromatic N) is 1. The number of sulfonamides is 1. The van der Waals surface area contributed by atoms with Crippen molar-refractivity contribution in [2.75, 3.05) is 29.0 Å². The number of methoxy groups -OCH3 is 1. The zero-order valence-corrected chi connectivity index (χ0v) is 15.8. The smallest absolute Gasteiger partial charge is 0.255 e. The lowest BCUT2D eigenvalue weighted by Crippen LogP contribution is -2.37. The largest absolute Gasteiger partial charge is 0.495 e. The van der Waals surface area contributed by atoms with E-state index in [0.29, 0.717) is 40.7 Å². The van der Waals surface area contributed by atoms with Crippen molar-refractivity contribution in [3.63, 3.8) is 0 Å². The number of rotatable bonds is 4. The van der Waals surface area contributed by atoms with E-state index in [9.17, 15) is 13.2 Å². The van der Waals surface area contributed by atoms with E-state index < -0.39 is 10.0 Å². The molecule has 3 rings (SSSR count). The second-order valence-corrected chi connectivity index (χ2v) is 8.37. The van der Waals surface area contributed by atoms with E-state index in [-0.39, 0.29) is 11.7 Å². The molecule has 0 radical (unpaired) electrons.